The van der Waals surface area contributed by atoms with Crippen molar-refractivity contribution in [3.8, 4) is 23.1 Å². The van der Waals surface area contributed by atoms with Crippen molar-refractivity contribution in [2.45, 2.75) is 19.4 Å². The van der Waals surface area contributed by atoms with E-state index in [9.17, 15) is 14.0 Å². The molecule has 3 heterocycles. The van der Waals surface area contributed by atoms with E-state index in [0.717, 1.165) is 6.07 Å². The van der Waals surface area contributed by atoms with Gasteiger partial charge in [0, 0.05) is 18.0 Å². The highest BCUT2D eigenvalue weighted by molar-refractivity contribution is 6.10. The first-order chi connectivity index (χ1) is 15.5. The molecule has 2 amide bonds. The molecule has 1 atom stereocenters. The Bertz CT molecular complexity index is 1220. The smallest absolute Gasteiger partial charge is 0.269 e. The normalized spacial score (nSPS) is 13.5. The minimum atomic E-state index is -0.841. The van der Waals surface area contributed by atoms with Crippen LogP contribution in [0.1, 0.15) is 18.9 Å². The van der Waals surface area contributed by atoms with Gasteiger partial charge in [0.15, 0.2) is 17.7 Å². The van der Waals surface area contributed by atoms with E-state index in [1.54, 1.807) is 49.5 Å². The summed E-state index contributed by atoms with van der Waals surface area (Å²) in [6.07, 6.45) is 2.38. The van der Waals surface area contributed by atoms with E-state index < -0.39 is 11.9 Å². The number of ether oxygens (including phenoxy) is 1. The predicted octanol–water partition coefficient (Wildman–Crippen LogP) is 3.30. The number of hydrogen-bond acceptors (Lipinski definition) is 6. The van der Waals surface area contributed by atoms with Gasteiger partial charge in [-0.05, 0) is 48.9 Å². The molecule has 0 saturated carbocycles. The van der Waals surface area contributed by atoms with Crippen LogP contribution in [0.15, 0.2) is 54.9 Å². The highest BCUT2D eigenvalue weighted by Gasteiger charge is 2.33. The first-order valence-corrected chi connectivity index (χ1v) is 9.89. The molecular formula is C23H18FN5O3. The topological polar surface area (TPSA) is 108 Å². The Morgan fingerprint density at radius 2 is 2.09 bits per heavy atom. The molecule has 2 aromatic heterocycles. The third-order valence-electron chi connectivity index (χ3n) is 4.91. The molecule has 32 heavy (non-hydrogen) atoms. The number of benzene rings is 1. The number of carbonyl (C=O) groups is 2. The van der Waals surface area contributed by atoms with Crippen LogP contribution in [0.5, 0.6) is 5.75 Å². The summed E-state index contributed by atoms with van der Waals surface area (Å²) in [5.41, 5.74) is 1.22. The predicted molar refractivity (Wildman–Crippen MR) is 114 cm³/mol. The Balaban J connectivity index is 1.53. The molecule has 1 N–H and O–H groups in total. The van der Waals surface area contributed by atoms with Gasteiger partial charge in [-0.3, -0.25) is 19.5 Å². The molecule has 0 saturated heterocycles. The summed E-state index contributed by atoms with van der Waals surface area (Å²) in [6.45, 7) is 1.65. The van der Waals surface area contributed by atoms with Gasteiger partial charge < -0.3 is 10.1 Å². The molecule has 1 unspecified atom stereocenters. The van der Waals surface area contributed by atoms with Crippen molar-refractivity contribution in [2.75, 3.05) is 16.8 Å². The molecule has 3 aromatic rings. The Morgan fingerprint density at radius 1 is 1.31 bits per heavy atom. The molecule has 0 aliphatic carbocycles. The fraction of sp³-hybridized carbons (Fsp3) is 0.174. The zero-order valence-corrected chi connectivity index (χ0v) is 17.1. The van der Waals surface area contributed by atoms with Gasteiger partial charge in [-0.2, -0.15) is 5.26 Å². The molecule has 1 aliphatic rings. The van der Waals surface area contributed by atoms with Gasteiger partial charge >= 0.3 is 0 Å². The molecule has 160 valence electrons. The second kappa shape index (κ2) is 8.81. The van der Waals surface area contributed by atoms with Crippen molar-refractivity contribution in [3.63, 3.8) is 0 Å². The van der Waals surface area contributed by atoms with Crippen molar-refractivity contribution >= 4 is 23.3 Å². The maximum Gasteiger partial charge on any atom is 0.269 e. The monoisotopic (exact) mass is 431 g/mol. The van der Waals surface area contributed by atoms with Crippen molar-refractivity contribution in [2.24, 2.45) is 0 Å². The van der Waals surface area contributed by atoms with Gasteiger partial charge in [0.2, 0.25) is 5.91 Å². The average Bonchev–Trinajstić information content (AvgIpc) is 2.82. The fourth-order valence-electron chi connectivity index (χ4n) is 3.35. The number of amides is 2. The largest absolute Gasteiger partial charge is 0.481 e. The average molecular weight is 431 g/mol. The summed E-state index contributed by atoms with van der Waals surface area (Å²) in [4.78, 5) is 34.7. The summed E-state index contributed by atoms with van der Waals surface area (Å²) >= 11 is 0. The quantitative estimate of drug-likeness (QED) is 0.664. The zero-order valence-electron chi connectivity index (χ0n) is 17.1. The lowest BCUT2D eigenvalue weighted by Gasteiger charge is -2.30. The lowest BCUT2D eigenvalue weighted by atomic mass is 10.1. The van der Waals surface area contributed by atoms with E-state index in [1.807, 2.05) is 6.07 Å². The Hall–Kier alpha value is -4.32. The number of carbonyl (C=O) groups excluding carboxylic acids is 2. The third-order valence-corrected chi connectivity index (χ3v) is 4.91. The molecule has 1 aromatic carbocycles. The second-order valence-electron chi connectivity index (χ2n) is 7.05. The zero-order chi connectivity index (χ0) is 22.7. The van der Waals surface area contributed by atoms with Crippen LogP contribution in [0.2, 0.25) is 0 Å². The maximum absolute atomic E-state index is 14.2. The Labute approximate surface area is 183 Å². The number of hydrogen-bond donors (Lipinski definition) is 1. The van der Waals surface area contributed by atoms with Crippen LogP contribution in [-0.4, -0.2) is 34.4 Å². The van der Waals surface area contributed by atoms with Crippen LogP contribution in [0.3, 0.4) is 0 Å². The molecule has 0 spiro atoms. The van der Waals surface area contributed by atoms with Crippen LogP contribution in [0.4, 0.5) is 15.9 Å². The van der Waals surface area contributed by atoms with Gasteiger partial charge in [-0.1, -0.05) is 6.92 Å². The number of nitrogens with one attached hydrogen (secondary N) is 1. The van der Waals surface area contributed by atoms with Gasteiger partial charge in [0.05, 0.1) is 11.3 Å². The number of fused-ring (bicyclic) bond motifs is 1. The molecule has 1 aliphatic heterocycles. The molecule has 0 fully saturated rings. The number of nitriles is 1. The summed E-state index contributed by atoms with van der Waals surface area (Å²) in [5, 5.41) is 11.5. The minimum absolute atomic E-state index is 0.112. The molecule has 8 nitrogen and oxygen atoms in total. The van der Waals surface area contributed by atoms with E-state index in [2.05, 4.69) is 15.3 Å². The fourth-order valence-corrected chi connectivity index (χ4v) is 3.35. The lowest BCUT2D eigenvalue weighted by Crippen LogP contribution is -2.48. The second-order valence-corrected chi connectivity index (χ2v) is 7.05. The molecule has 0 bridgehead atoms. The first-order valence-electron chi connectivity index (χ1n) is 9.89. The Morgan fingerprint density at radius 3 is 2.78 bits per heavy atom. The van der Waals surface area contributed by atoms with E-state index in [4.69, 9.17) is 10.00 Å². The first kappa shape index (κ1) is 20.9. The van der Waals surface area contributed by atoms with E-state index in [1.165, 1.54) is 11.1 Å². The number of anilines is 2. The molecule has 9 heteroatoms. The SMILES string of the molecule is CCC(Oc1ccc(-c2ncc(C#N)cc2F)cc1)C(=O)N1CC(=O)Nc2cccnc21. The van der Waals surface area contributed by atoms with E-state index >= 15 is 0 Å². The van der Waals surface area contributed by atoms with Gasteiger partial charge in [0.1, 0.15) is 24.1 Å². The number of halogens is 1. The molecule has 4 rings (SSSR count). The highest BCUT2D eigenvalue weighted by Crippen LogP contribution is 2.28. The standard InChI is InChI=1S/C23H18FN5O3/c1-2-19(23(31)29-13-20(30)28-18-4-3-9-26-22(18)29)32-16-7-5-15(6-8-16)21-17(24)10-14(11-25)12-27-21/h3-10,12,19H,2,13H2,1H3,(H,28,30). The van der Waals surface area contributed by atoms with E-state index in [0.29, 0.717) is 29.2 Å². The number of nitrogens with zero attached hydrogens (tertiary/aromatic N) is 4. The van der Waals surface area contributed by atoms with Crippen molar-refractivity contribution in [1.82, 2.24) is 9.97 Å². The number of aromatic nitrogens is 2. The molecule has 0 radical (unpaired) electrons. The number of pyridine rings is 2. The van der Waals surface area contributed by atoms with Crippen LogP contribution >= 0.6 is 0 Å². The maximum atomic E-state index is 14.2. The van der Waals surface area contributed by atoms with Crippen molar-refractivity contribution in [1.29, 1.82) is 5.26 Å². The number of rotatable bonds is 5. The van der Waals surface area contributed by atoms with Crippen LogP contribution in [-0.2, 0) is 9.59 Å². The summed E-state index contributed by atoms with van der Waals surface area (Å²) in [6, 6.07) is 12.8. The van der Waals surface area contributed by atoms with Gasteiger partial charge in [-0.25, -0.2) is 9.37 Å². The summed E-state index contributed by atoms with van der Waals surface area (Å²) < 4.78 is 20.1. The van der Waals surface area contributed by atoms with E-state index in [-0.39, 0.29) is 29.6 Å². The lowest BCUT2D eigenvalue weighted by molar-refractivity contribution is -0.127. The van der Waals surface area contributed by atoms with Crippen molar-refractivity contribution in [3.05, 3.63) is 66.2 Å². The van der Waals surface area contributed by atoms with Gasteiger partial charge in [0.25, 0.3) is 5.91 Å². The van der Waals surface area contributed by atoms with Crippen molar-refractivity contribution < 1.29 is 18.7 Å². The van der Waals surface area contributed by atoms with Crippen LogP contribution in [0.25, 0.3) is 11.3 Å². The highest BCUT2D eigenvalue weighted by atomic mass is 19.1. The third kappa shape index (κ3) is 4.11. The molecular weight excluding hydrogens is 413 g/mol. The van der Waals surface area contributed by atoms with Crippen LogP contribution < -0.4 is 15.0 Å². The minimum Gasteiger partial charge on any atom is -0.481 e. The van der Waals surface area contributed by atoms with Crippen LogP contribution in [0, 0.1) is 17.1 Å². The Kier molecular flexibility index (Phi) is 5.77. The summed E-state index contributed by atoms with van der Waals surface area (Å²) in [7, 11) is 0. The van der Waals surface area contributed by atoms with Gasteiger partial charge in [-0.15, -0.1) is 0 Å². The summed E-state index contributed by atoms with van der Waals surface area (Å²) in [5.74, 6) is -0.516.